The van der Waals surface area contributed by atoms with Gasteiger partial charge in [-0.25, -0.2) is 4.39 Å². The topological polar surface area (TPSA) is 0 Å². The summed E-state index contributed by atoms with van der Waals surface area (Å²) in [5.74, 6) is -0.205. The Morgan fingerprint density at radius 2 is 1.58 bits per heavy atom. The molecule has 0 heterocycles. The molecule has 0 amide bonds. The summed E-state index contributed by atoms with van der Waals surface area (Å²) in [5.41, 5.74) is 5.15. The summed E-state index contributed by atoms with van der Waals surface area (Å²) in [6, 6.07) is 11.4. The minimum absolute atomic E-state index is 0.205. The quantitative estimate of drug-likeness (QED) is 0.665. The molecule has 0 bridgehead atoms. The van der Waals surface area contributed by atoms with E-state index in [0.29, 0.717) is 0 Å². The maximum Gasteiger partial charge on any atom is 0.123 e. The first kappa shape index (κ1) is 14.1. The normalized spacial score (nSPS) is 12.5. The van der Waals surface area contributed by atoms with Gasteiger partial charge in [0.05, 0.1) is 5.38 Å². The van der Waals surface area contributed by atoms with Gasteiger partial charge in [-0.1, -0.05) is 31.2 Å². The second-order valence-electron chi connectivity index (χ2n) is 4.91. The Kier molecular flexibility index (Phi) is 4.26. The van der Waals surface area contributed by atoms with Gasteiger partial charge in [0.1, 0.15) is 5.82 Å². The van der Waals surface area contributed by atoms with Crippen LogP contribution in [0.1, 0.15) is 40.1 Å². The minimum atomic E-state index is -0.230. The van der Waals surface area contributed by atoms with E-state index in [2.05, 4.69) is 31.2 Å². The molecule has 0 aromatic heterocycles. The maximum absolute atomic E-state index is 13.3. The highest BCUT2D eigenvalue weighted by Crippen LogP contribution is 2.33. The van der Waals surface area contributed by atoms with Crippen LogP contribution in [-0.2, 0) is 6.42 Å². The first-order valence-electron chi connectivity index (χ1n) is 6.52. The average molecular weight is 277 g/mol. The molecule has 0 saturated heterocycles. The van der Waals surface area contributed by atoms with Crippen molar-refractivity contribution in [3.05, 3.63) is 70.0 Å². The molecule has 0 nitrogen and oxygen atoms in total. The van der Waals surface area contributed by atoms with E-state index in [9.17, 15) is 4.39 Å². The van der Waals surface area contributed by atoms with Gasteiger partial charge < -0.3 is 0 Å². The van der Waals surface area contributed by atoms with Crippen LogP contribution in [0.15, 0.2) is 36.4 Å². The summed E-state index contributed by atoms with van der Waals surface area (Å²) in [6.45, 7) is 5.93. The van der Waals surface area contributed by atoms with Gasteiger partial charge in [-0.05, 0) is 60.2 Å². The third-order valence-corrected chi connectivity index (χ3v) is 3.96. The molecule has 0 N–H and O–H groups in total. The molecule has 2 aromatic rings. The van der Waals surface area contributed by atoms with E-state index >= 15 is 0 Å². The molecular formula is C17H18ClF. The summed E-state index contributed by atoms with van der Waals surface area (Å²) in [6.07, 6.45) is 1.02. The molecular weight excluding hydrogens is 259 g/mol. The monoisotopic (exact) mass is 276 g/mol. The number of aryl methyl sites for hydroxylation is 3. The summed E-state index contributed by atoms with van der Waals surface area (Å²) in [5, 5.41) is -0.230. The minimum Gasteiger partial charge on any atom is -0.207 e. The van der Waals surface area contributed by atoms with E-state index in [0.717, 1.165) is 28.7 Å². The van der Waals surface area contributed by atoms with Gasteiger partial charge >= 0.3 is 0 Å². The number of hydrogen-bond donors (Lipinski definition) is 0. The fourth-order valence-electron chi connectivity index (χ4n) is 2.41. The van der Waals surface area contributed by atoms with Gasteiger partial charge in [-0.15, -0.1) is 11.6 Å². The highest BCUT2D eigenvalue weighted by Gasteiger charge is 2.16. The Bertz CT molecular complexity index is 549. The predicted octanol–water partition coefficient (Wildman–Crippen LogP) is 5.33. The Morgan fingerprint density at radius 1 is 1.05 bits per heavy atom. The molecule has 2 aromatic carbocycles. The Hall–Kier alpha value is -1.34. The molecule has 2 heteroatoms. The highest BCUT2D eigenvalue weighted by atomic mass is 35.5. The zero-order chi connectivity index (χ0) is 14.0. The number of rotatable bonds is 3. The van der Waals surface area contributed by atoms with E-state index < -0.39 is 0 Å². The number of halogens is 2. The molecule has 0 spiro atoms. The molecule has 0 fully saturated rings. The van der Waals surface area contributed by atoms with Crippen molar-refractivity contribution in [2.24, 2.45) is 0 Å². The van der Waals surface area contributed by atoms with E-state index in [1.807, 2.05) is 13.8 Å². The van der Waals surface area contributed by atoms with Crippen molar-refractivity contribution in [1.29, 1.82) is 0 Å². The zero-order valence-electron chi connectivity index (χ0n) is 11.5. The van der Waals surface area contributed by atoms with Crippen molar-refractivity contribution >= 4 is 11.6 Å². The SMILES string of the molecule is CCc1ccc(C(Cl)c2c(C)cc(F)cc2C)cc1. The number of hydrogen-bond acceptors (Lipinski definition) is 0. The van der Waals surface area contributed by atoms with Crippen LogP contribution in [0.3, 0.4) is 0 Å². The second kappa shape index (κ2) is 5.75. The maximum atomic E-state index is 13.3. The van der Waals surface area contributed by atoms with Crippen molar-refractivity contribution in [3.63, 3.8) is 0 Å². The molecule has 100 valence electrons. The van der Waals surface area contributed by atoms with E-state index in [4.69, 9.17) is 11.6 Å². The number of alkyl halides is 1. The molecule has 0 aliphatic heterocycles. The van der Waals surface area contributed by atoms with Gasteiger partial charge in [0.15, 0.2) is 0 Å². The van der Waals surface area contributed by atoms with Crippen molar-refractivity contribution in [1.82, 2.24) is 0 Å². The first-order chi connectivity index (χ1) is 9.02. The highest BCUT2D eigenvalue weighted by molar-refractivity contribution is 6.22. The molecule has 2 rings (SSSR count). The van der Waals surface area contributed by atoms with Crippen LogP contribution in [0.4, 0.5) is 4.39 Å². The van der Waals surface area contributed by atoms with Crippen molar-refractivity contribution < 1.29 is 4.39 Å². The van der Waals surface area contributed by atoms with Gasteiger partial charge in [0.25, 0.3) is 0 Å². The van der Waals surface area contributed by atoms with Crippen molar-refractivity contribution in [2.45, 2.75) is 32.6 Å². The second-order valence-corrected chi connectivity index (χ2v) is 5.35. The molecule has 1 unspecified atom stereocenters. The van der Waals surface area contributed by atoms with E-state index in [1.165, 1.54) is 17.7 Å². The summed E-state index contributed by atoms with van der Waals surface area (Å²) in [7, 11) is 0. The molecule has 0 aliphatic rings. The predicted molar refractivity (Wildman–Crippen MR) is 79.4 cm³/mol. The summed E-state index contributed by atoms with van der Waals surface area (Å²) < 4.78 is 13.3. The lowest BCUT2D eigenvalue weighted by atomic mass is 9.95. The van der Waals surface area contributed by atoms with E-state index in [1.54, 1.807) is 0 Å². The van der Waals surface area contributed by atoms with Gasteiger partial charge in [-0.2, -0.15) is 0 Å². The first-order valence-corrected chi connectivity index (χ1v) is 6.96. The average Bonchev–Trinajstić information content (AvgIpc) is 2.37. The molecule has 0 saturated carbocycles. The van der Waals surface area contributed by atoms with Crippen molar-refractivity contribution in [2.75, 3.05) is 0 Å². The molecule has 1 atom stereocenters. The molecule has 0 radical (unpaired) electrons. The lowest BCUT2D eigenvalue weighted by Crippen LogP contribution is -2.01. The lowest BCUT2D eigenvalue weighted by molar-refractivity contribution is 0.624. The van der Waals surface area contributed by atoms with Gasteiger partial charge in [0.2, 0.25) is 0 Å². The van der Waals surface area contributed by atoms with Crippen LogP contribution >= 0.6 is 11.6 Å². The van der Waals surface area contributed by atoms with Crippen LogP contribution in [0, 0.1) is 19.7 Å². The molecule has 0 aliphatic carbocycles. The van der Waals surface area contributed by atoms with Crippen LogP contribution in [0.2, 0.25) is 0 Å². The van der Waals surface area contributed by atoms with Gasteiger partial charge in [-0.3, -0.25) is 0 Å². The largest absolute Gasteiger partial charge is 0.207 e. The Labute approximate surface area is 119 Å². The summed E-state index contributed by atoms with van der Waals surface area (Å²) >= 11 is 6.57. The van der Waals surface area contributed by atoms with Crippen molar-refractivity contribution in [3.8, 4) is 0 Å². The smallest absolute Gasteiger partial charge is 0.123 e. The summed E-state index contributed by atoms with van der Waals surface area (Å²) in [4.78, 5) is 0. The van der Waals surface area contributed by atoms with Crippen LogP contribution in [0.25, 0.3) is 0 Å². The number of benzene rings is 2. The van der Waals surface area contributed by atoms with Gasteiger partial charge in [0, 0.05) is 0 Å². The Morgan fingerprint density at radius 3 is 2.05 bits per heavy atom. The van der Waals surface area contributed by atoms with E-state index in [-0.39, 0.29) is 11.2 Å². The molecule has 19 heavy (non-hydrogen) atoms. The lowest BCUT2D eigenvalue weighted by Gasteiger charge is -2.16. The zero-order valence-corrected chi connectivity index (χ0v) is 12.3. The third kappa shape index (κ3) is 2.98. The Balaban J connectivity index is 2.40. The third-order valence-electron chi connectivity index (χ3n) is 3.49. The van der Waals surface area contributed by atoms with Crippen LogP contribution < -0.4 is 0 Å². The fraction of sp³-hybridized carbons (Fsp3) is 0.294. The van der Waals surface area contributed by atoms with Crippen LogP contribution in [0.5, 0.6) is 0 Å². The van der Waals surface area contributed by atoms with Crippen LogP contribution in [-0.4, -0.2) is 0 Å². The standard InChI is InChI=1S/C17H18ClF/c1-4-13-5-7-14(8-6-13)17(18)16-11(2)9-15(19)10-12(16)3/h5-10,17H,4H2,1-3H3. The fourth-order valence-corrected chi connectivity index (χ4v) is 2.90.